The van der Waals surface area contributed by atoms with E-state index in [4.69, 9.17) is 4.74 Å². The Balaban J connectivity index is 1.48. The molecule has 1 heterocycles. The minimum atomic E-state index is -0.520. The maximum absolute atomic E-state index is 11.9. The van der Waals surface area contributed by atoms with Gasteiger partial charge in [-0.25, -0.2) is 4.79 Å². The van der Waals surface area contributed by atoms with Crippen LogP contribution < -0.4 is 5.32 Å². The van der Waals surface area contributed by atoms with Crippen LogP contribution in [0.5, 0.6) is 0 Å². The van der Waals surface area contributed by atoms with E-state index in [9.17, 15) is 14.4 Å². The Kier molecular flexibility index (Phi) is 3.70. The van der Waals surface area contributed by atoms with Gasteiger partial charge in [-0.2, -0.15) is 0 Å². The molecule has 22 heavy (non-hydrogen) atoms. The van der Waals surface area contributed by atoms with Crippen LogP contribution in [0.4, 0.5) is 4.79 Å². The number of esters is 1. The zero-order chi connectivity index (χ0) is 15.9. The first-order valence-electron chi connectivity index (χ1n) is 7.81. The lowest BCUT2D eigenvalue weighted by Gasteiger charge is -2.56. The summed E-state index contributed by atoms with van der Waals surface area (Å²) in [6.07, 6.45) is 4.67. The molecule has 2 fully saturated rings. The number of fused-ring (bicyclic) bond motifs is 1. The van der Waals surface area contributed by atoms with E-state index in [2.05, 4.69) is 25.2 Å². The van der Waals surface area contributed by atoms with Gasteiger partial charge in [-0.05, 0) is 35.7 Å². The first kappa shape index (κ1) is 15.1. The monoisotopic (exact) mass is 306 g/mol. The second kappa shape index (κ2) is 5.41. The molecule has 0 aromatic heterocycles. The predicted molar refractivity (Wildman–Crippen MR) is 78.8 cm³/mol. The number of carbonyl (C=O) groups is 3. The highest BCUT2D eigenvalue weighted by Crippen LogP contribution is 2.59. The zero-order valence-electron chi connectivity index (χ0n) is 13.1. The predicted octanol–water partition coefficient (Wildman–Crippen LogP) is 1.46. The van der Waals surface area contributed by atoms with Crippen molar-refractivity contribution in [3.8, 4) is 0 Å². The van der Waals surface area contributed by atoms with E-state index in [1.807, 2.05) is 0 Å². The largest absolute Gasteiger partial charge is 0.460 e. The Morgan fingerprint density at radius 2 is 2.23 bits per heavy atom. The van der Waals surface area contributed by atoms with Crippen molar-refractivity contribution in [2.24, 2.45) is 17.3 Å². The van der Waals surface area contributed by atoms with Crippen molar-refractivity contribution in [1.82, 2.24) is 10.2 Å². The standard InChI is InChI=1S/C16H22N2O4/c1-16(2)11-4-3-10(12(16)7-11)9-22-14(20)8-18-6-5-13(19)17-15(18)21/h3,11-12H,4-9H2,1-2H3,(H,17,19,21). The van der Waals surface area contributed by atoms with Crippen molar-refractivity contribution in [1.29, 1.82) is 0 Å². The number of allylic oxidation sites excluding steroid dienone is 1. The summed E-state index contributed by atoms with van der Waals surface area (Å²) < 4.78 is 5.33. The number of hydrogen-bond donors (Lipinski definition) is 1. The number of amides is 3. The molecule has 0 aromatic rings. The molecule has 3 aliphatic carbocycles. The molecule has 1 saturated carbocycles. The van der Waals surface area contributed by atoms with Gasteiger partial charge in [0, 0.05) is 13.0 Å². The average Bonchev–Trinajstić information content (AvgIpc) is 2.48. The molecule has 6 heteroatoms. The lowest BCUT2D eigenvalue weighted by Crippen LogP contribution is -2.51. The number of hydrogen-bond acceptors (Lipinski definition) is 4. The Morgan fingerprint density at radius 1 is 1.45 bits per heavy atom. The van der Waals surface area contributed by atoms with Gasteiger partial charge in [0.2, 0.25) is 5.91 Å². The van der Waals surface area contributed by atoms with Gasteiger partial charge in [-0.1, -0.05) is 19.9 Å². The van der Waals surface area contributed by atoms with E-state index in [-0.39, 0.29) is 25.4 Å². The van der Waals surface area contributed by atoms with Crippen molar-refractivity contribution in [2.75, 3.05) is 19.7 Å². The molecule has 1 N–H and O–H groups in total. The van der Waals surface area contributed by atoms with Crippen LogP contribution in [0.15, 0.2) is 11.6 Å². The summed E-state index contributed by atoms with van der Waals surface area (Å²) in [5, 5.41) is 2.19. The third-order valence-corrected chi connectivity index (χ3v) is 5.44. The molecule has 2 unspecified atom stereocenters. The zero-order valence-corrected chi connectivity index (χ0v) is 13.1. The summed E-state index contributed by atoms with van der Waals surface area (Å²) >= 11 is 0. The van der Waals surface area contributed by atoms with Gasteiger partial charge in [0.25, 0.3) is 0 Å². The van der Waals surface area contributed by atoms with Crippen LogP contribution in [-0.2, 0) is 14.3 Å². The van der Waals surface area contributed by atoms with Crippen molar-refractivity contribution >= 4 is 17.9 Å². The minimum absolute atomic E-state index is 0.108. The number of ether oxygens (including phenoxy) is 1. The van der Waals surface area contributed by atoms with Crippen molar-refractivity contribution < 1.29 is 19.1 Å². The van der Waals surface area contributed by atoms with Gasteiger partial charge < -0.3 is 9.64 Å². The molecule has 2 atom stereocenters. The van der Waals surface area contributed by atoms with E-state index in [0.29, 0.717) is 17.9 Å². The third kappa shape index (κ3) is 2.62. The van der Waals surface area contributed by atoms with Gasteiger partial charge in [0.15, 0.2) is 0 Å². The fourth-order valence-corrected chi connectivity index (χ4v) is 3.76. The highest BCUT2D eigenvalue weighted by atomic mass is 16.5. The summed E-state index contributed by atoms with van der Waals surface area (Å²) in [6.45, 7) is 5.02. The van der Waals surface area contributed by atoms with Crippen molar-refractivity contribution in [3.63, 3.8) is 0 Å². The molecular formula is C16H22N2O4. The summed E-state index contributed by atoms with van der Waals surface area (Å²) in [5.74, 6) is 0.537. The van der Waals surface area contributed by atoms with Crippen LogP contribution in [0.3, 0.4) is 0 Å². The average molecular weight is 306 g/mol. The molecule has 1 aliphatic heterocycles. The summed E-state index contributed by atoms with van der Waals surface area (Å²) in [4.78, 5) is 35.8. The molecule has 0 aromatic carbocycles. The molecule has 1 saturated heterocycles. The Morgan fingerprint density at radius 3 is 2.86 bits per heavy atom. The number of imide groups is 1. The second-order valence-electron chi connectivity index (χ2n) is 7.01. The van der Waals surface area contributed by atoms with Crippen LogP contribution in [-0.4, -0.2) is 42.5 Å². The Labute approximate surface area is 129 Å². The fraction of sp³-hybridized carbons (Fsp3) is 0.688. The van der Waals surface area contributed by atoms with E-state index in [0.717, 1.165) is 12.3 Å². The molecule has 0 spiro atoms. The molecule has 120 valence electrons. The van der Waals surface area contributed by atoms with Crippen molar-refractivity contribution in [3.05, 3.63) is 11.6 Å². The molecule has 4 aliphatic rings. The van der Waals surface area contributed by atoms with Gasteiger partial charge in [-0.3, -0.25) is 14.9 Å². The first-order valence-corrected chi connectivity index (χ1v) is 7.81. The topological polar surface area (TPSA) is 75.7 Å². The maximum Gasteiger partial charge on any atom is 0.326 e. The van der Waals surface area contributed by atoms with Gasteiger partial charge in [0.05, 0.1) is 0 Å². The highest BCUT2D eigenvalue weighted by Gasteiger charge is 2.51. The molecule has 3 amide bonds. The van der Waals surface area contributed by atoms with E-state index in [1.54, 1.807) is 0 Å². The quantitative estimate of drug-likeness (QED) is 0.630. The fourth-order valence-electron chi connectivity index (χ4n) is 3.76. The van der Waals surface area contributed by atoms with Crippen LogP contribution in [0.2, 0.25) is 0 Å². The summed E-state index contributed by atoms with van der Waals surface area (Å²) in [5.41, 5.74) is 1.52. The number of rotatable bonds is 4. The first-order chi connectivity index (χ1) is 10.4. The van der Waals surface area contributed by atoms with Gasteiger partial charge in [-0.15, -0.1) is 0 Å². The van der Waals surface area contributed by atoms with Gasteiger partial charge in [0.1, 0.15) is 13.2 Å². The molecule has 4 rings (SSSR count). The maximum atomic E-state index is 11.9. The van der Waals surface area contributed by atoms with Crippen molar-refractivity contribution in [2.45, 2.75) is 33.1 Å². The SMILES string of the molecule is CC1(C)C2CC=C(COC(=O)CN3CCC(=O)NC3=O)C1C2. The molecule has 6 nitrogen and oxygen atoms in total. The number of carbonyl (C=O) groups excluding carboxylic acids is 3. The second-order valence-corrected chi connectivity index (χ2v) is 7.01. The number of urea groups is 1. The Bertz CT molecular complexity index is 552. The van der Waals surface area contributed by atoms with E-state index in [1.165, 1.54) is 16.9 Å². The lowest BCUT2D eigenvalue weighted by atomic mass is 9.49. The van der Waals surface area contributed by atoms with E-state index >= 15 is 0 Å². The lowest BCUT2D eigenvalue weighted by molar-refractivity contribution is -0.144. The number of nitrogens with one attached hydrogen (secondary N) is 1. The van der Waals surface area contributed by atoms with Crippen LogP contribution >= 0.6 is 0 Å². The summed E-state index contributed by atoms with van der Waals surface area (Å²) in [7, 11) is 0. The normalized spacial score (nSPS) is 29.4. The Hall–Kier alpha value is -1.85. The third-order valence-electron chi connectivity index (χ3n) is 5.44. The highest BCUT2D eigenvalue weighted by molar-refractivity contribution is 5.97. The van der Waals surface area contributed by atoms with Gasteiger partial charge >= 0.3 is 12.0 Å². The number of nitrogens with zero attached hydrogens (tertiary/aromatic N) is 1. The minimum Gasteiger partial charge on any atom is -0.460 e. The van der Waals surface area contributed by atoms with Crippen LogP contribution in [0.1, 0.15) is 33.1 Å². The molecule has 0 radical (unpaired) electrons. The smallest absolute Gasteiger partial charge is 0.326 e. The molecule has 2 bridgehead atoms. The van der Waals surface area contributed by atoms with E-state index < -0.39 is 12.0 Å². The van der Waals surface area contributed by atoms with Crippen LogP contribution in [0, 0.1) is 17.3 Å². The molecular weight excluding hydrogens is 284 g/mol. The van der Waals surface area contributed by atoms with Crippen LogP contribution in [0.25, 0.3) is 0 Å². The summed E-state index contributed by atoms with van der Waals surface area (Å²) in [6, 6.07) is -0.520.